The molecule has 0 saturated heterocycles. The summed E-state index contributed by atoms with van der Waals surface area (Å²) in [6, 6.07) is 3.84. The molecule has 1 aliphatic carbocycles. The quantitative estimate of drug-likeness (QED) is 0.186. The van der Waals surface area contributed by atoms with Crippen LogP contribution in [0, 0.1) is 11.8 Å². The summed E-state index contributed by atoms with van der Waals surface area (Å²) < 4.78 is 34.2. The Bertz CT molecular complexity index is 986. The van der Waals surface area contributed by atoms with Crippen LogP contribution in [0.2, 0.25) is 0 Å². The zero-order valence-corrected chi connectivity index (χ0v) is 25.5. The number of alkyl halides is 2. The molecular weight excluding hydrogens is 546 g/mol. The van der Waals surface area contributed by atoms with Crippen LogP contribution in [0.15, 0.2) is 24.3 Å². The summed E-state index contributed by atoms with van der Waals surface area (Å²) in [5.41, 5.74) is 6.02. The highest BCUT2D eigenvalue weighted by Crippen LogP contribution is 2.31. The first-order valence-electron chi connectivity index (χ1n) is 15.2. The molecule has 2 rings (SSSR count). The number of hydrogen-bond acceptors (Lipinski definition) is 6. The van der Waals surface area contributed by atoms with Crippen LogP contribution in [-0.2, 0) is 20.8 Å². The number of hydrogen-bond donors (Lipinski definition) is 5. The summed E-state index contributed by atoms with van der Waals surface area (Å²) in [4.78, 5) is 39.6. The fourth-order valence-corrected chi connectivity index (χ4v) is 5.41. The van der Waals surface area contributed by atoms with E-state index in [0.29, 0.717) is 12.2 Å². The third-order valence-corrected chi connectivity index (χ3v) is 7.78. The molecule has 1 aromatic carbocycles. The van der Waals surface area contributed by atoms with E-state index in [-0.39, 0.29) is 43.4 Å². The Kier molecular flexibility index (Phi) is 14.6. The molecule has 0 aliphatic heterocycles. The number of ether oxygens (including phenoxy) is 1. The molecule has 1 aromatic rings. The van der Waals surface area contributed by atoms with Crippen molar-refractivity contribution in [2.24, 2.45) is 17.6 Å². The van der Waals surface area contributed by atoms with E-state index in [0.717, 1.165) is 37.7 Å². The number of carbonyl (C=O) groups excluding carboxylic acids is 3. The van der Waals surface area contributed by atoms with Gasteiger partial charge in [-0.25, -0.2) is 8.78 Å². The van der Waals surface area contributed by atoms with Gasteiger partial charge < -0.3 is 31.5 Å². The summed E-state index contributed by atoms with van der Waals surface area (Å²) in [5.74, 6) is -4.28. The van der Waals surface area contributed by atoms with Crippen LogP contribution in [-0.4, -0.2) is 66.6 Å². The monoisotopic (exact) mass is 596 g/mol. The number of amides is 3. The average molecular weight is 597 g/mol. The van der Waals surface area contributed by atoms with Gasteiger partial charge in [-0.2, -0.15) is 0 Å². The van der Waals surface area contributed by atoms with E-state index in [1.165, 1.54) is 0 Å². The molecule has 0 heterocycles. The highest BCUT2D eigenvalue weighted by molar-refractivity contribution is 5.92. The Morgan fingerprint density at radius 2 is 1.64 bits per heavy atom. The molecule has 0 spiro atoms. The third kappa shape index (κ3) is 11.5. The van der Waals surface area contributed by atoms with E-state index >= 15 is 0 Å². The van der Waals surface area contributed by atoms with Crippen molar-refractivity contribution in [2.45, 2.75) is 115 Å². The molecule has 4 atom stereocenters. The maximum atomic E-state index is 14.5. The molecule has 3 amide bonds. The molecule has 1 aliphatic rings. The number of benzene rings is 1. The number of methoxy groups -OCH3 is 1. The Labute approximate surface area is 248 Å². The van der Waals surface area contributed by atoms with Crippen LogP contribution in [0.4, 0.5) is 8.78 Å². The van der Waals surface area contributed by atoms with Gasteiger partial charge in [-0.15, -0.1) is 0 Å². The van der Waals surface area contributed by atoms with Crippen LogP contribution in [0.5, 0.6) is 5.75 Å². The minimum absolute atomic E-state index is 0.0764. The van der Waals surface area contributed by atoms with Crippen LogP contribution in [0.25, 0.3) is 0 Å². The minimum Gasteiger partial charge on any atom is -0.497 e. The lowest BCUT2D eigenvalue weighted by Crippen LogP contribution is -2.59. The first-order chi connectivity index (χ1) is 19.9. The molecule has 0 aromatic heterocycles. The predicted molar refractivity (Wildman–Crippen MR) is 158 cm³/mol. The number of carbonyl (C=O) groups is 3. The van der Waals surface area contributed by atoms with Crippen molar-refractivity contribution < 1.29 is 33.0 Å². The van der Waals surface area contributed by atoms with Crippen molar-refractivity contribution in [2.75, 3.05) is 13.7 Å². The summed E-state index contributed by atoms with van der Waals surface area (Å²) in [5, 5.41) is 18.7. The van der Waals surface area contributed by atoms with Crippen LogP contribution < -0.4 is 26.4 Å². The van der Waals surface area contributed by atoms with Gasteiger partial charge in [0.2, 0.25) is 17.7 Å². The number of nitrogens with one attached hydrogen (secondary N) is 3. The first-order valence-corrected chi connectivity index (χ1v) is 15.2. The zero-order valence-electron chi connectivity index (χ0n) is 25.5. The maximum absolute atomic E-state index is 14.5. The molecular formula is C31H50F2N4O5. The number of nitrogens with two attached hydrogens (primary N) is 1. The normalized spacial score (nSPS) is 17.2. The molecule has 1 saturated carbocycles. The van der Waals surface area contributed by atoms with Crippen molar-refractivity contribution in [3.8, 4) is 5.75 Å². The molecule has 0 bridgehead atoms. The van der Waals surface area contributed by atoms with E-state index in [4.69, 9.17) is 10.5 Å². The third-order valence-electron chi connectivity index (χ3n) is 7.78. The van der Waals surface area contributed by atoms with Gasteiger partial charge in [-0.3, -0.25) is 14.4 Å². The predicted octanol–water partition coefficient (Wildman–Crippen LogP) is 3.46. The molecule has 238 valence electrons. The van der Waals surface area contributed by atoms with Crippen molar-refractivity contribution in [1.29, 1.82) is 0 Å². The van der Waals surface area contributed by atoms with Crippen LogP contribution >= 0.6 is 0 Å². The second-order valence-corrected chi connectivity index (χ2v) is 11.9. The molecule has 1 unspecified atom stereocenters. The Morgan fingerprint density at radius 1 is 1.02 bits per heavy atom. The summed E-state index contributed by atoms with van der Waals surface area (Å²) in [6.07, 6.45) is 3.89. The number of rotatable bonds is 17. The van der Waals surface area contributed by atoms with E-state index in [2.05, 4.69) is 16.0 Å². The van der Waals surface area contributed by atoms with E-state index in [1.807, 2.05) is 20.8 Å². The number of aliphatic hydroxyl groups is 1. The van der Waals surface area contributed by atoms with Gasteiger partial charge in [-0.1, -0.05) is 71.4 Å². The minimum atomic E-state index is -3.58. The van der Waals surface area contributed by atoms with Crippen molar-refractivity contribution in [3.63, 3.8) is 0 Å². The molecule has 42 heavy (non-hydrogen) atoms. The standard InChI is InChI=1S/C31H50F2N4O5/c1-5-9-24(29(40)37-25(28(39)31(32,33)19-34)17-21-10-7-6-8-11-21)36-30(41)26(35-27(38)16-20(2)3)18-22-12-14-23(42-4)15-13-22/h12-15,20-21,24-26,28,39H,5-11,16-19,34H2,1-4H3,(H,35,38)(H,36,41)(H,37,40)/t24-,25-,26-,28?/m0/s1. The smallest absolute Gasteiger partial charge is 0.287 e. The number of halogens is 2. The van der Waals surface area contributed by atoms with Crippen molar-refractivity contribution >= 4 is 17.7 Å². The fourth-order valence-electron chi connectivity index (χ4n) is 5.41. The summed E-state index contributed by atoms with van der Waals surface area (Å²) in [7, 11) is 1.55. The highest BCUT2D eigenvalue weighted by Gasteiger charge is 2.44. The van der Waals surface area contributed by atoms with Gasteiger partial charge in [0.05, 0.1) is 19.7 Å². The molecule has 11 heteroatoms. The molecule has 6 N–H and O–H groups in total. The van der Waals surface area contributed by atoms with Gasteiger partial charge in [0.15, 0.2) is 0 Å². The zero-order chi connectivity index (χ0) is 31.3. The van der Waals surface area contributed by atoms with Gasteiger partial charge in [-0.05, 0) is 42.4 Å². The highest BCUT2D eigenvalue weighted by atomic mass is 19.3. The maximum Gasteiger partial charge on any atom is 0.287 e. The van der Waals surface area contributed by atoms with Gasteiger partial charge in [0.25, 0.3) is 5.92 Å². The van der Waals surface area contributed by atoms with Crippen molar-refractivity contribution in [3.05, 3.63) is 29.8 Å². The van der Waals surface area contributed by atoms with Gasteiger partial charge in [0.1, 0.15) is 23.9 Å². The Morgan fingerprint density at radius 3 is 2.19 bits per heavy atom. The molecule has 1 fully saturated rings. The fraction of sp³-hybridized carbons (Fsp3) is 0.710. The molecule has 9 nitrogen and oxygen atoms in total. The van der Waals surface area contributed by atoms with Crippen molar-refractivity contribution in [1.82, 2.24) is 16.0 Å². The van der Waals surface area contributed by atoms with Crippen LogP contribution in [0.1, 0.15) is 84.1 Å². The van der Waals surface area contributed by atoms with E-state index < -0.39 is 48.5 Å². The van der Waals surface area contributed by atoms with E-state index in [1.54, 1.807) is 31.4 Å². The largest absolute Gasteiger partial charge is 0.497 e. The Balaban J connectivity index is 2.23. The summed E-state index contributed by atoms with van der Waals surface area (Å²) in [6.45, 7) is 4.57. The van der Waals surface area contributed by atoms with Crippen LogP contribution in [0.3, 0.4) is 0 Å². The first kappa shape index (κ1) is 35.4. The lowest BCUT2D eigenvalue weighted by molar-refractivity contribution is -0.137. The second-order valence-electron chi connectivity index (χ2n) is 11.9. The number of aliphatic hydroxyl groups excluding tert-OH is 1. The average Bonchev–Trinajstić information content (AvgIpc) is 2.96. The lowest BCUT2D eigenvalue weighted by Gasteiger charge is -2.34. The SMILES string of the molecule is CCC[C@H](NC(=O)[C@H](Cc1ccc(OC)cc1)NC(=O)CC(C)C)C(=O)N[C@@H](CC1CCCCC1)C(O)C(F)(F)CN. The second kappa shape index (κ2) is 17.4. The topological polar surface area (TPSA) is 143 Å². The van der Waals surface area contributed by atoms with E-state index in [9.17, 15) is 28.3 Å². The molecule has 0 radical (unpaired) electrons. The van der Waals surface area contributed by atoms with Gasteiger partial charge >= 0.3 is 0 Å². The Hall–Kier alpha value is -2.79. The lowest BCUT2D eigenvalue weighted by atomic mass is 9.83. The van der Waals surface area contributed by atoms with Gasteiger partial charge in [0, 0.05) is 12.8 Å². The summed E-state index contributed by atoms with van der Waals surface area (Å²) >= 11 is 0.